The van der Waals surface area contributed by atoms with Gasteiger partial charge in [0.2, 0.25) is 15.1 Å². The minimum Gasteiger partial charge on any atom is -0.476 e. The summed E-state index contributed by atoms with van der Waals surface area (Å²) in [6, 6.07) is 5.83. The van der Waals surface area contributed by atoms with E-state index in [1.807, 2.05) is 25.1 Å². The smallest absolute Gasteiger partial charge is 0.268 e. The Morgan fingerprint density at radius 2 is 2.05 bits per heavy atom. The van der Waals surface area contributed by atoms with Gasteiger partial charge in [-0.1, -0.05) is 26.8 Å². The van der Waals surface area contributed by atoms with Crippen molar-refractivity contribution in [3.63, 3.8) is 0 Å². The van der Waals surface area contributed by atoms with E-state index >= 15 is 0 Å². The molecule has 1 amide bonds. The maximum absolute atomic E-state index is 12.5. The molecule has 1 heterocycles. The van der Waals surface area contributed by atoms with Crippen LogP contribution in [0.3, 0.4) is 0 Å². The zero-order valence-electron chi connectivity index (χ0n) is 14.3. The van der Waals surface area contributed by atoms with Gasteiger partial charge in [-0.3, -0.25) is 4.79 Å². The number of amides is 1. The molecule has 1 aromatic rings. The third-order valence-corrected chi connectivity index (χ3v) is 4.22. The van der Waals surface area contributed by atoms with Crippen LogP contribution < -0.4 is 10.1 Å². The largest absolute Gasteiger partial charge is 0.476 e. The molecule has 5 heteroatoms. The highest BCUT2D eigenvalue weighted by molar-refractivity contribution is 6.48. The molecular formula is C17H26NO3Si. The summed E-state index contributed by atoms with van der Waals surface area (Å²) in [6.45, 7) is 12.6. The van der Waals surface area contributed by atoms with Crippen molar-refractivity contribution < 1.29 is 14.0 Å². The van der Waals surface area contributed by atoms with Crippen LogP contribution in [-0.2, 0) is 9.22 Å². The Labute approximate surface area is 134 Å². The number of fused-ring (bicyclic) bond motifs is 1. The molecule has 1 radical (unpaired) electrons. The summed E-state index contributed by atoms with van der Waals surface area (Å²) < 4.78 is 12.1. The molecule has 121 valence electrons. The number of nitrogens with one attached hydrogen (secondary N) is 1. The summed E-state index contributed by atoms with van der Waals surface area (Å²) in [6.07, 6.45) is -0.0325. The molecule has 4 nitrogen and oxygen atoms in total. The lowest BCUT2D eigenvalue weighted by Gasteiger charge is -2.35. The summed E-state index contributed by atoms with van der Waals surface area (Å²) in [4.78, 5) is 12.5. The van der Waals surface area contributed by atoms with Gasteiger partial charge in [0.05, 0.1) is 11.8 Å². The topological polar surface area (TPSA) is 47.6 Å². The van der Waals surface area contributed by atoms with E-state index < -0.39 is 15.1 Å². The minimum absolute atomic E-state index is 0.0686. The quantitative estimate of drug-likeness (QED) is 0.859. The fourth-order valence-electron chi connectivity index (χ4n) is 2.60. The summed E-state index contributed by atoms with van der Waals surface area (Å²) in [5.41, 5.74) is 1.91. The first-order valence-electron chi connectivity index (χ1n) is 7.71. The molecule has 1 N–H and O–H groups in total. The number of hydrogen-bond acceptors (Lipinski definition) is 3. The molecule has 0 saturated carbocycles. The van der Waals surface area contributed by atoms with Gasteiger partial charge in [-0.2, -0.15) is 0 Å². The van der Waals surface area contributed by atoms with Crippen molar-refractivity contribution in [3.05, 3.63) is 23.8 Å². The molecule has 2 atom stereocenters. The summed E-state index contributed by atoms with van der Waals surface area (Å²) in [5.74, 6) is 0.606. The monoisotopic (exact) mass is 320 g/mol. The number of benzene rings is 1. The molecule has 22 heavy (non-hydrogen) atoms. The predicted octanol–water partition coefficient (Wildman–Crippen LogP) is 3.77. The van der Waals surface area contributed by atoms with Gasteiger partial charge in [0.15, 0.2) is 0 Å². The van der Waals surface area contributed by atoms with E-state index in [9.17, 15) is 4.79 Å². The number of aryl methyl sites for hydroxylation is 1. The Kier molecular flexibility index (Phi) is 4.97. The van der Waals surface area contributed by atoms with Crippen molar-refractivity contribution in [2.75, 3.05) is 5.32 Å². The van der Waals surface area contributed by atoms with Gasteiger partial charge >= 0.3 is 0 Å². The average molecular weight is 320 g/mol. The highest BCUT2D eigenvalue weighted by atomic mass is 28.3. The molecule has 0 bridgehead atoms. The highest BCUT2D eigenvalue weighted by Crippen LogP contribution is 2.34. The Bertz CT molecular complexity index is 551. The molecule has 0 aliphatic carbocycles. The summed E-state index contributed by atoms with van der Waals surface area (Å²) >= 11 is 0. The van der Waals surface area contributed by atoms with Crippen molar-refractivity contribution >= 4 is 20.6 Å². The zero-order valence-corrected chi connectivity index (χ0v) is 15.3. The van der Waals surface area contributed by atoms with Crippen molar-refractivity contribution in [1.82, 2.24) is 0 Å². The average Bonchev–Trinajstić information content (AvgIpc) is 2.34. The van der Waals surface area contributed by atoms with Crippen molar-refractivity contribution in [2.45, 2.75) is 59.4 Å². The van der Waals surface area contributed by atoms with Crippen molar-refractivity contribution in [3.8, 4) is 5.75 Å². The van der Waals surface area contributed by atoms with Gasteiger partial charge < -0.3 is 14.5 Å². The predicted molar refractivity (Wildman–Crippen MR) is 90.7 cm³/mol. The fraction of sp³-hybridized carbons (Fsp3) is 0.588. The number of rotatable bonds is 4. The number of carbonyl (C=O) groups is 1. The molecule has 2 rings (SSSR count). The SMILES string of the molecule is Cc1ccc2c(c1)NC(=O)C(C(CC(C)(C)C)O[Si](C)C)O2. The normalized spacial score (nSPS) is 19.4. The van der Waals surface area contributed by atoms with E-state index in [1.54, 1.807) is 0 Å². The second-order valence-electron chi connectivity index (χ2n) is 7.36. The molecule has 0 aromatic heterocycles. The molecular weight excluding hydrogens is 294 g/mol. The first-order chi connectivity index (χ1) is 10.2. The van der Waals surface area contributed by atoms with Crippen LogP contribution in [0.15, 0.2) is 18.2 Å². The van der Waals surface area contributed by atoms with E-state index in [0.717, 1.165) is 23.4 Å². The Balaban J connectivity index is 2.24. The van der Waals surface area contributed by atoms with Crippen molar-refractivity contribution in [1.29, 1.82) is 0 Å². The maximum Gasteiger partial charge on any atom is 0.268 e. The summed E-state index contributed by atoms with van der Waals surface area (Å²) in [7, 11) is -0.920. The van der Waals surface area contributed by atoms with Gasteiger partial charge in [0.25, 0.3) is 5.91 Å². The van der Waals surface area contributed by atoms with Crippen LogP contribution in [0.5, 0.6) is 5.75 Å². The van der Waals surface area contributed by atoms with Crippen LogP contribution >= 0.6 is 0 Å². The number of hydrogen-bond donors (Lipinski definition) is 1. The van der Waals surface area contributed by atoms with E-state index in [4.69, 9.17) is 9.16 Å². The third-order valence-electron chi connectivity index (χ3n) is 3.44. The second kappa shape index (κ2) is 6.42. The van der Waals surface area contributed by atoms with E-state index in [2.05, 4.69) is 39.2 Å². The maximum atomic E-state index is 12.5. The van der Waals surface area contributed by atoms with Crippen LogP contribution in [-0.4, -0.2) is 27.2 Å². The van der Waals surface area contributed by atoms with Gasteiger partial charge in [-0.25, -0.2) is 0 Å². The van der Waals surface area contributed by atoms with Crippen LogP contribution in [0.1, 0.15) is 32.8 Å². The lowest BCUT2D eigenvalue weighted by molar-refractivity contribution is -0.128. The molecule has 2 unspecified atom stereocenters. The number of anilines is 1. The third kappa shape index (κ3) is 4.33. The van der Waals surface area contributed by atoms with Crippen LogP contribution in [0.2, 0.25) is 13.1 Å². The highest BCUT2D eigenvalue weighted by Gasteiger charge is 2.37. The fourth-order valence-corrected chi connectivity index (χ4v) is 3.41. The summed E-state index contributed by atoms with van der Waals surface area (Å²) in [5, 5.41) is 2.96. The van der Waals surface area contributed by atoms with Gasteiger partial charge in [0, 0.05) is 0 Å². The van der Waals surface area contributed by atoms with Gasteiger partial charge in [-0.05, 0) is 49.5 Å². The van der Waals surface area contributed by atoms with Crippen LogP contribution in [0.4, 0.5) is 5.69 Å². The van der Waals surface area contributed by atoms with Crippen molar-refractivity contribution in [2.24, 2.45) is 5.41 Å². The first-order valence-corrected chi connectivity index (χ1v) is 10.1. The molecule has 0 spiro atoms. The standard InChI is InChI=1S/C17H26NO3Si/c1-11-7-8-13-12(9-11)18-16(19)15(20-13)14(21-22(5)6)10-17(2,3)4/h7-9,14-15H,10H2,1-6H3,(H,18,19). The van der Waals surface area contributed by atoms with Gasteiger partial charge in [0.1, 0.15) is 5.75 Å². The second-order valence-corrected chi connectivity index (χ2v) is 9.41. The van der Waals surface area contributed by atoms with Crippen LogP contribution in [0.25, 0.3) is 0 Å². The number of carbonyl (C=O) groups excluding carboxylic acids is 1. The number of ether oxygens (including phenoxy) is 1. The van der Waals surface area contributed by atoms with E-state index in [0.29, 0.717) is 0 Å². The molecule has 1 aliphatic rings. The zero-order chi connectivity index (χ0) is 16.5. The Morgan fingerprint density at radius 3 is 2.64 bits per heavy atom. The lowest BCUT2D eigenvalue weighted by atomic mass is 9.87. The molecule has 0 saturated heterocycles. The minimum atomic E-state index is -0.920. The first kappa shape index (κ1) is 17.0. The van der Waals surface area contributed by atoms with E-state index in [-0.39, 0.29) is 17.4 Å². The van der Waals surface area contributed by atoms with E-state index in [1.165, 1.54) is 0 Å². The Hall–Kier alpha value is -1.33. The molecule has 1 aliphatic heterocycles. The Morgan fingerprint density at radius 1 is 1.36 bits per heavy atom. The van der Waals surface area contributed by atoms with Gasteiger partial charge in [-0.15, -0.1) is 0 Å². The van der Waals surface area contributed by atoms with Crippen LogP contribution in [0, 0.1) is 12.3 Å². The molecule has 0 fully saturated rings. The molecule has 1 aromatic carbocycles. The lowest BCUT2D eigenvalue weighted by Crippen LogP contribution is -2.49.